The minimum Gasteiger partial charge on any atom is -0.462 e. The maximum atomic E-state index is 13.1. The predicted molar refractivity (Wildman–Crippen MR) is 155 cm³/mol. The van der Waals surface area contributed by atoms with E-state index in [-0.39, 0.29) is 13.2 Å². The molecule has 0 saturated carbocycles. The van der Waals surface area contributed by atoms with Crippen molar-refractivity contribution in [3.05, 3.63) is 86.2 Å². The Hall–Kier alpha value is -4.33. The lowest BCUT2D eigenvalue weighted by Crippen LogP contribution is -2.15. The molecule has 0 amide bonds. The zero-order valence-electron chi connectivity index (χ0n) is 23.8. The van der Waals surface area contributed by atoms with E-state index >= 15 is 0 Å². The fourth-order valence-electron chi connectivity index (χ4n) is 4.73. The number of aryl methyl sites for hydroxylation is 2. The quantitative estimate of drug-likeness (QED) is 0.451. The van der Waals surface area contributed by atoms with Gasteiger partial charge in [0, 0.05) is 17.1 Å². The van der Waals surface area contributed by atoms with E-state index in [0.717, 1.165) is 33.9 Å². The Bertz CT molecular complexity index is 1550. The highest BCUT2D eigenvalue weighted by Crippen LogP contribution is 2.33. The van der Waals surface area contributed by atoms with E-state index in [1.54, 1.807) is 19.9 Å². The number of rotatable bonds is 7. The molecular weight excluding hydrogens is 492 g/mol. The van der Waals surface area contributed by atoms with Crippen molar-refractivity contribution < 1.29 is 19.1 Å². The van der Waals surface area contributed by atoms with Crippen LogP contribution in [0.2, 0.25) is 0 Å². The number of nitrogens with zero attached hydrogens (tertiary/aromatic N) is 3. The molecule has 0 unspecified atom stereocenters. The molecule has 202 valence electrons. The lowest BCUT2D eigenvalue weighted by atomic mass is 10.0. The molecule has 3 aliphatic heterocycles. The largest absolute Gasteiger partial charge is 0.462 e. The van der Waals surface area contributed by atoms with E-state index in [1.165, 1.54) is 0 Å². The number of nitrogens with one attached hydrogen (secondary N) is 1. The van der Waals surface area contributed by atoms with E-state index in [1.807, 2.05) is 59.8 Å². The van der Waals surface area contributed by atoms with Gasteiger partial charge < -0.3 is 14.5 Å². The second-order valence-electron chi connectivity index (χ2n) is 9.65. The number of allylic oxidation sites excluding steroid dienone is 6. The summed E-state index contributed by atoms with van der Waals surface area (Å²) in [4.78, 5) is 43.6. The van der Waals surface area contributed by atoms with Crippen LogP contribution in [0.1, 0.15) is 58.5 Å². The summed E-state index contributed by atoms with van der Waals surface area (Å²) in [5.41, 5.74) is 9.76. The number of aliphatic imine (C=N–C) groups is 3. The van der Waals surface area contributed by atoms with Crippen molar-refractivity contribution in [3.8, 4) is 0 Å². The number of carbonyl (C=O) groups is 2. The normalized spacial score (nSPS) is 20.3. The first-order valence-corrected chi connectivity index (χ1v) is 13.0. The molecule has 0 atom stereocenters. The Morgan fingerprint density at radius 1 is 0.769 bits per heavy atom. The Kier molecular flexibility index (Phi) is 7.95. The van der Waals surface area contributed by atoms with Gasteiger partial charge >= 0.3 is 11.9 Å². The highest BCUT2D eigenvalue weighted by Gasteiger charge is 2.31. The molecule has 0 fully saturated rings. The fourth-order valence-corrected chi connectivity index (χ4v) is 4.73. The third kappa shape index (κ3) is 5.60. The Morgan fingerprint density at radius 2 is 1.38 bits per heavy atom. The van der Waals surface area contributed by atoms with Crippen molar-refractivity contribution in [1.82, 2.24) is 4.98 Å². The van der Waals surface area contributed by atoms with Gasteiger partial charge in [-0.1, -0.05) is 0 Å². The van der Waals surface area contributed by atoms with Gasteiger partial charge in [-0.2, -0.15) is 0 Å². The molecule has 0 saturated heterocycles. The van der Waals surface area contributed by atoms with E-state index < -0.39 is 11.9 Å². The van der Waals surface area contributed by atoms with Crippen LogP contribution in [0.25, 0.3) is 6.08 Å². The molecule has 0 aliphatic carbocycles. The standard InChI is InChI=1S/C31H34N4O4/c1-9-38-30(36)28-20(7)24(13-22-16(3)11-18(5)32-22)34-26(28)15-27-29(31(37)39-10-2)21(8)25(35-27)14-23-17(4)12-19(6)33-23/h11-15,32H,9-10H2,1-8H3/b23-14-,24-13-,27-15-. The van der Waals surface area contributed by atoms with Gasteiger partial charge in [-0.15, -0.1) is 0 Å². The molecule has 0 bridgehead atoms. The second-order valence-corrected chi connectivity index (χ2v) is 9.65. The number of H-pyrrole nitrogens is 1. The molecule has 3 aliphatic rings. The fraction of sp³-hybridized carbons (Fsp3) is 0.323. The maximum Gasteiger partial charge on any atom is 0.340 e. The van der Waals surface area contributed by atoms with Crippen LogP contribution in [0.4, 0.5) is 0 Å². The van der Waals surface area contributed by atoms with Crippen LogP contribution in [0.5, 0.6) is 0 Å². The monoisotopic (exact) mass is 526 g/mol. The molecule has 1 aromatic heterocycles. The third-order valence-electron chi connectivity index (χ3n) is 6.62. The van der Waals surface area contributed by atoms with Gasteiger partial charge in [0.15, 0.2) is 0 Å². The number of hydrogen-bond donors (Lipinski definition) is 1. The number of aromatic nitrogens is 1. The number of aromatic amines is 1. The zero-order valence-corrected chi connectivity index (χ0v) is 23.8. The van der Waals surface area contributed by atoms with Crippen molar-refractivity contribution in [1.29, 1.82) is 0 Å². The van der Waals surface area contributed by atoms with E-state index in [2.05, 4.69) is 16.0 Å². The minimum atomic E-state index is -0.484. The molecular formula is C31H34N4O4. The van der Waals surface area contributed by atoms with Crippen LogP contribution in [-0.4, -0.2) is 47.3 Å². The predicted octanol–water partition coefficient (Wildman–Crippen LogP) is 5.83. The zero-order chi connectivity index (χ0) is 28.4. The van der Waals surface area contributed by atoms with Gasteiger partial charge in [0.1, 0.15) is 0 Å². The van der Waals surface area contributed by atoms with Crippen LogP contribution in [0, 0.1) is 13.8 Å². The lowest BCUT2D eigenvalue weighted by Gasteiger charge is -2.07. The van der Waals surface area contributed by atoms with Crippen LogP contribution in [-0.2, 0) is 19.1 Å². The number of esters is 2. The summed E-state index contributed by atoms with van der Waals surface area (Å²) in [5, 5.41) is 0. The van der Waals surface area contributed by atoms with E-state index in [9.17, 15) is 9.59 Å². The van der Waals surface area contributed by atoms with Crippen molar-refractivity contribution in [2.45, 2.75) is 55.4 Å². The first kappa shape index (κ1) is 27.7. The lowest BCUT2D eigenvalue weighted by molar-refractivity contribution is -0.138. The van der Waals surface area contributed by atoms with Gasteiger partial charge in [-0.3, -0.25) is 4.99 Å². The summed E-state index contributed by atoms with van der Waals surface area (Å²) >= 11 is 0. The average molecular weight is 527 g/mol. The van der Waals surface area contributed by atoms with Crippen molar-refractivity contribution in [2.75, 3.05) is 13.2 Å². The molecule has 4 rings (SSSR count). The number of hydrogen-bond acceptors (Lipinski definition) is 7. The molecule has 4 heterocycles. The van der Waals surface area contributed by atoms with Crippen molar-refractivity contribution >= 4 is 35.1 Å². The highest BCUT2D eigenvalue weighted by atomic mass is 16.5. The first-order valence-electron chi connectivity index (χ1n) is 13.0. The second kappa shape index (κ2) is 11.2. The number of carbonyl (C=O) groups excluding carboxylic acids is 2. The van der Waals surface area contributed by atoms with E-state index in [4.69, 9.17) is 19.5 Å². The summed E-state index contributed by atoms with van der Waals surface area (Å²) in [6, 6.07) is 2.05. The Balaban J connectivity index is 1.86. The molecule has 8 nitrogen and oxygen atoms in total. The van der Waals surface area contributed by atoms with Crippen LogP contribution in [0.15, 0.2) is 84.2 Å². The van der Waals surface area contributed by atoms with E-state index in [0.29, 0.717) is 45.1 Å². The third-order valence-corrected chi connectivity index (χ3v) is 6.62. The van der Waals surface area contributed by atoms with Gasteiger partial charge in [-0.25, -0.2) is 19.6 Å². The molecule has 8 heteroatoms. The SMILES string of the molecule is CCOC(=O)C1=C(C)/C(=C/c2[nH]c(C)cc2C)N=C1/C=C1N=C(/C=C2\N=C(C)C=C2C)C(C)=C\1C(=O)OCC. The molecule has 0 aromatic carbocycles. The summed E-state index contributed by atoms with van der Waals surface area (Å²) in [5.74, 6) is -0.963. The van der Waals surface area contributed by atoms with Gasteiger partial charge in [-0.05, 0) is 108 Å². The highest BCUT2D eigenvalue weighted by molar-refractivity contribution is 6.29. The Labute approximate surface area is 229 Å². The van der Waals surface area contributed by atoms with Gasteiger partial charge in [0.05, 0.1) is 52.9 Å². The molecule has 0 spiro atoms. The van der Waals surface area contributed by atoms with Gasteiger partial charge in [0.2, 0.25) is 0 Å². The summed E-state index contributed by atoms with van der Waals surface area (Å²) in [6.07, 6.45) is 7.44. The summed E-state index contributed by atoms with van der Waals surface area (Å²) in [7, 11) is 0. The van der Waals surface area contributed by atoms with Crippen molar-refractivity contribution in [2.24, 2.45) is 15.0 Å². The molecule has 0 radical (unpaired) electrons. The smallest absolute Gasteiger partial charge is 0.340 e. The van der Waals surface area contributed by atoms with Gasteiger partial charge in [0.25, 0.3) is 0 Å². The van der Waals surface area contributed by atoms with Crippen molar-refractivity contribution in [3.63, 3.8) is 0 Å². The molecule has 1 aromatic rings. The number of ether oxygens (including phenoxy) is 2. The van der Waals surface area contributed by atoms with Crippen LogP contribution < -0.4 is 0 Å². The first-order chi connectivity index (χ1) is 18.5. The maximum absolute atomic E-state index is 13.1. The van der Waals surface area contributed by atoms with Crippen LogP contribution in [0.3, 0.4) is 0 Å². The molecule has 39 heavy (non-hydrogen) atoms. The molecule has 1 N–H and O–H groups in total. The minimum absolute atomic E-state index is 0.223. The average Bonchev–Trinajstić information content (AvgIpc) is 3.54. The summed E-state index contributed by atoms with van der Waals surface area (Å²) in [6.45, 7) is 15.6. The Morgan fingerprint density at radius 3 is 1.95 bits per heavy atom. The summed E-state index contributed by atoms with van der Waals surface area (Å²) < 4.78 is 10.7. The topological polar surface area (TPSA) is 105 Å². The van der Waals surface area contributed by atoms with Crippen LogP contribution >= 0.6 is 0 Å².